The number of halogens is 2. The number of amides is 1. The molecule has 1 aromatic rings. The van der Waals surface area contributed by atoms with Crippen molar-refractivity contribution in [2.45, 2.75) is 18.9 Å². The van der Waals surface area contributed by atoms with E-state index in [4.69, 9.17) is 0 Å². The highest BCUT2D eigenvalue weighted by molar-refractivity contribution is 5.85. The van der Waals surface area contributed by atoms with Crippen LogP contribution in [-0.4, -0.2) is 19.5 Å². The van der Waals surface area contributed by atoms with Crippen molar-refractivity contribution in [1.82, 2.24) is 10.6 Å². The molecular weight excluding hydrogens is 243 g/mol. The predicted molar refractivity (Wildman–Crippen MR) is 66.8 cm³/mol. The Hall–Kier alpha value is -1.13. The number of nitrogens with one attached hydrogen (secondary N) is 2. The Bertz CT molecular complexity index is 411. The van der Waals surface area contributed by atoms with E-state index in [0.717, 1.165) is 24.0 Å². The number of aryl methyl sites for hydroxylation is 1. The number of likely N-dealkylation sites (N-methyl/N-ethyl adjacent to an activating group) is 1. The highest BCUT2D eigenvalue weighted by atomic mass is 35.5. The van der Waals surface area contributed by atoms with Crippen LogP contribution < -0.4 is 10.6 Å². The van der Waals surface area contributed by atoms with E-state index in [1.807, 2.05) is 0 Å². The van der Waals surface area contributed by atoms with E-state index in [0.29, 0.717) is 6.54 Å². The van der Waals surface area contributed by atoms with E-state index in [9.17, 15) is 9.18 Å². The number of carbonyl (C=O) groups is 1. The van der Waals surface area contributed by atoms with Crippen molar-refractivity contribution in [2.24, 2.45) is 0 Å². The third-order valence-electron chi connectivity index (χ3n) is 2.86. The minimum atomic E-state index is -0.207. The zero-order valence-corrected chi connectivity index (χ0v) is 10.4. The van der Waals surface area contributed by atoms with E-state index in [1.54, 1.807) is 19.2 Å². The van der Waals surface area contributed by atoms with Crippen LogP contribution in [0, 0.1) is 5.82 Å². The first kappa shape index (κ1) is 13.9. The summed E-state index contributed by atoms with van der Waals surface area (Å²) in [4.78, 5) is 11.4. The van der Waals surface area contributed by atoms with Crippen LogP contribution in [0.25, 0.3) is 0 Å². The Balaban J connectivity index is 0.00000144. The van der Waals surface area contributed by atoms with E-state index < -0.39 is 0 Å². The molecule has 3 nitrogen and oxygen atoms in total. The number of carbonyl (C=O) groups excluding carboxylic acids is 1. The molecule has 0 radical (unpaired) electrons. The summed E-state index contributed by atoms with van der Waals surface area (Å²) in [5, 5.41) is 5.73. The lowest BCUT2D eigenvalue weighted by Crippen LogP contribution is -2.34. The van der Waals surface area contributed by atoms with Gasteiger partial charge in [0.2, 0.25) is 5.91 Å². The third kappa shape index (κ3) is 3.17. The first-order valence-electron chi connectivity index (χ1n) is 5.43. The van der Waals surface area contributed by atoms with Crippen molar-refractivity contribution in [3.8, 4) is 0 Å². The molecule has 1 aliphatic rings. The molecule has 0 saturated heterocycles. The largest absolute Gasteiger partial charge is 0.348 e. The molecule has 2 rings (SSSR count). The Morgan fingerprint density at radius 2 is 2.29 bits per heavy atom. The second kappa shape index (κ2) is 5.98. The molecule has 1 aliphatic carbocycles. The SMILES string of the molecule is CNCC(=O)NC1CCc2cc(F)ccc21.Cl. The van der Waals surface area contributed by atoms with Crippen LogP contribution >= 0.6 is 12.4 Å². The molecule has 1 atom stereocenters. The van der Waals surface area contributed by atoms with Gasteiger partial charge in [0.1, 0.15) is 5.82 Å². The topological polar surface area (TPSA) is 41.1 Å². The molecule has 94 valence electrons. The summed E-state index contributed by atoms with van der Waals surface area (Å²) in [7, 11) is 1.73. The van der Waals surface area contributed by atoms with Gasteiger partial charge in [-0.25, -0.2) is 4.39 Å². The summed E-state index contributed by atoms with van der Waals surface area (Å²) < 4.78 is 13.0. The smallest absolute Gasteiger partial charge is 0.234 e. The van der Waals surface area contributed by atoms with Crippen molar-refractivity contribution in [3.63, 3.8) is 0 Å². The highest BCUT2D eigenvalue weighted by Gasteiger charge is 2.23. The van der Waals surface area contributed by atoms with Crippen LogP contribution in [0.5, 0.6) is 0 Å². The van der Waals surface area contributed by atoms with Gasteiger partial charge >= 0.3 is 0 Å². The summed E-state index contributed by atoms with van der Waals surface area (Å²) in [5.41, 5.74) is 2.06. The van der Waals surface area contributed by atoms with Crippen molar-refractivity contribution in [2.75, 3.05) is 13.6 Å². The number of fused-ring (bicyclic) bond motifs is 1. The fraction of sp³-hybridized carbons (Fsp3) is 0.417. The molecule has 0 aromatic heterocycles. The molecule has 2 N–H and O–H groups in total. The predicted octanol–water partition coefficient (Wildman–Crippen LogP) is 1.57. The molecule has 17 heavy (non-hydrogen) atoms. The monoisotopic (exact) mass is 258 g/mol. The summed E-state index contributed by atoms with van der Waals surface area (Å²) in [5.74, 6) is -0.231. The fourth-order valence-electron chi connectivity index (χ4n) is 2.14. The second-order valence-electron chi connectivity index (χ2n) is 4.03. The lowest BCUT2D eigenvalue weighted by atomic mass is 10.1. The molecule has 0 spiro atoms. The van der Waals surface area contributed by atoms with Gasteiger partial charge in [0.15, 0.2) is 0 Å². The van der Waals surface area contributed by atoms with Gasteiger partial charge < -0.3 is 10.6 Å². The highest BCUT2D eigenvalue weighted by Crippen LogP contribution is 2.31. The molecule has 1 unspecified atom stereocenters. The Morgan fingerprint density at radius 1 is 1.53 bits per heavy atom. The van der Waals surface area contributed by atoms with Crippen molar-refractivity contribution in [1.29, 1.82) is 0 Å². The maximum atomic E-state index is 13.0. The zero-order valence-electron chi connectivity index (χ0n) is 9.63. The summed E-state index contributed by atoms with van der Waals surface area (Å²) >= 11 is 0. The van der Waals surface area contributed by atoms with E-state index in [-0.39, 0.29) is 30.2 Å². The molecular formula is C12H16ClFN2O. The maximum absolute atomic E-state index is 13.0. The number of hydrogen-bond acceptors (Lipinski definition) is 2. The standard InChI is InChI=1S/C12H15FN2O.ClH/c1-14-7-12(16)15-11-5-2-8-6-9(13)3-4-10(8)11;/h3-4,6,11,14H,2,5,7H2,1H3,(H,15,16);1H. The van der Waals surface area contributed by atoms with E-state index >= 15 is 0 Å². The van der Waals surface area contributed by atoms with Crippen molar-refractivity contribution < 1.29 is 9.18 Å². The maximum Gasteiger partial charge on any atom is 0.234 e. The lowest BCUT2D eigenvalue weighted by Gasteiger charge is -2.13. The average Bonchev–Trinajstić information content (AvgIpc) is 2.61. The zero-order chi connectivity index (χ0) is 11.5. The molecule has 1 amide bonds. The quantitative estimate of drug-likeness (QED) is 0.864. The van der Waals surface area contributed by atoms with Gasteiger partial charge in [-0.1, -0.05) is 6.07 Å². The first-order valence-corrected chi connectivity index (χ1v) is 5.43. The lowest BCUT2D eigenvalue weighted by molar-refractivity contribution is -0.120. The Labute approximate surface area is 106 Å². The molecule has 5 heteroatoms. The first-order chi connectivity index (χ1) is 7.70. The normalized spacial score (nSPS) is 17.2. The van der Waals surface area contributed by atoms with Gasteiger partial charge in [-0.3, -0.25) is 4.79 Å². The number of benzene rings is 1. The minimum Gasteiger partial charge on any atom is -0.348 e. The van der Waals surface area contributed by atoms with Gasteiger partial charge in [-0.05, 0) is 43.1 Å². The van der Waals surface area contributed by atoms with Crippen LogP contribution in [0.3, 0.4) is 0 Å². The second-order valence-corrected chi connectivity index (χ2v) is 4.03. The van der Waals surface area contributed by atoms with Crippen LogP contribution in [0.15, 0.2) is 18.2 Å². The number of hydrogen-bond donors (Lipinski definition) is 2. The van der Waals surface area contributed by atoms with Gasteiger partial charge in [-0.15, -0.1) is 12.4 Å². The van der Waals surface area contributed by atoms with E-state index in [2.05, 4.69) is 10.6 Å². The van der Waals surface area contributed by atoms with E-state index in [1.165, 1.54) is 6.07 Å². The molecule has 0 aliphatic heterocycles. The number of rotatable bonds is 3. The van der Waals surface area contributed by atoms with Gasteiger partial charge in [-0.2, -0.15) is 0 Å². The summed E-state index contributed by atoms with van der Waals surface area (Å²) in [6.07, 6.45) is 1.69. The van der Waals surface area contributed by atoms with Crippen LogP contribution in [0.4, 0.5) is 4.39 Å². The van der Waals surface area contributed by atoms with Crippen LogP contribution in [0.2, 0.25) is 0 Å². The van der Waals surface area contributed by atoms with Crippen molar-refractivity contribution in [3.05, 3.63) is 35.1 Å². The van der Waals surface area contributed by atoms with Crippen molar-refractivity contribution >= 4 is 18.3 Å². The van der Waals surface area contributed by atoms with Gasteiger partial charge in [0.05, 0.1) is 12.6 Å². The summed E-state index contributed by atoms with van der Waals surface area (Å²) in [6.45, 7) is 0.313. The molecule has 0 fully saturated rings. The van der Waals surface area contributed by atoms with Gasteiger partial charge in [0, 0.05) is 0 Å². The third-order valence-corrected chi connectivity index (χ3v) is 2.86. The van der Waals surface area contributed by atoms with Crippen LogP contribution in [0.1, 0.15) is 23.6 Å². The Morgan fingerprint density at radius 3 is 3.00 bits per heavy atom. The molecule has 0 saturated carbocycles. The Kier molecular flexibility index (Phi) is 4.90. The molecule has 1 aromatic carbocycles. The molecule has 0 bridgehead atoms. The molecule has 0 heterocycles. The van der Waals surface area contributed by atoms with Crippen LogP contribution in [-0.2, 0) is 11.2 Å². The fourth-order valence-corrected chi connectivity index (χ4v) is 2.14. The minimum absolute atomic E-state index is 0. The average molecular weight is 259 g/mol. The summed E-state index contributed by atoms with van der Waals surface area (Å²) in [6, 6.07) is 4.81. The van der Waals surface area contributed by atoms with Gasteiger partial charge in [0.25, 0.3) is 0 Å².